The number of nitrogens with one attached hydrogen (secondary N) is 2. The molecule has 0 bridgehead atoms. The van der Waals surface area contributed by atoms with E-state index < -0.39 is 0 Å². The average Bonchev–Trinajstić information content (AvgIpc) is 3.11. The van der Waals surface area contributed by atoms with Crippen molar-refractivity contribution in [2.75, 3.05) is 16.4 Å². The highest BCUT2D eigenvalue weighted by Crippen LogP contribution is 2.20. The molecule has 0 unspecified atom stereocenters. The zero-order chi connectivity index (χ0) is 22.4. The van der Waals surface area contributed by atoms with E-state index in [1.54, 1.807) is 0 Å². The number of aryl methyl sites for hydroxylation is 3. The Morgan fingerprint density at radius 3 is 2.35 bits per heavy atom. The summed E-state index contributed by atoms with van der Waals surface area (Å²) in [6.07, 6.45) is 0.115. The van der Waals surface area contributed by atoms with Gasteiger partial charge in [-0.15, -0.1) is 10.2 Å². The van der Waals surface area contributed by atoms with Gasteiger partial charge in [-0.1, -0.05) is 47.7 Å². The van der Waals surface area contributed by atoms with Crippen LogP contribution < -0.4 is 10.6 Å². The van der Waals surface area contributed by atoms with Gasteiger partial charge >= 0.3 is 0 Å². The molecule has 8 heteroatoms. The summed E-state index contributed by atoms with van der Waals surface area (Å²) in [5.74, 6) is 0.523. The van der Waals surface area contributed by atoms with Crippen LogP contribution >= 0.6 is 11.8 Å². The third kappa shape index (κ3) is 5.95. The maximum Gasteiger partial charge on any atom is 0.234 e. The largest absolute Gasteiger partial charge is 0.325 e. The number of hydrogen-bond donors (Lipinski definition) is 2. The van der Waals surface area contributed by atoms with E-state index in [9.17, 15) is 9.59 Å². The molecule has 162 valence electrons. The third-order valence-electron chi connectivity index (χ3n) is 4.84. The Labute approximate surface area is 186 Å². The quantitative estimate of drug-likeness (QED) is 0.517. The standard InChI is InChI=1S/C23H27N5O2S/c1-5-28-20(13-21(29)24-19-11-10-15(2)12-17(19)4)26-27-23(28)31-14-22(30)25-18-9-7-6-8-16(18)3/h6-12H,5,13-14H2,1-4H3,(H,24,29)(H,25,30). The molecule has 31 heavy (non-hydrogen) atoms. The third-order valence-corrected chi connectivity index (χ3v) is 5.80. The van der Waals surface area contributed by atoms with Crippen molar-refractivity contribution < 1.29 is 9.59 Å². The number of carbonyl (C=O) groups excluding carboxylic acids is 2. The number of hydrogen-bond acceptors (Lipinski definition) is 5. The van der Waals surface area contributed by atoms with E-state index >= 15 is 0 Å². The molecular formula is C23H27N5O2S. The molecule has 0 fully saturated rings. The minimum absolute atomic E-state index is 0.112. The second kappa shape index (κ2) is 10.3. The summed E-state index contributed by atoms with van der Waals surface area (Å²) < 4.78 is 1.87. The van der Waals surface area contributed by atoms with E-state index in [2.05, 4.69) is 20.8 Å². The van der Waals surface area contributed by atoms with E-state index in [0.29, 0.717) is 17.5 Å². The van der Waals surface area contributed by atoms with E-state index in [4.69, 9.17) is 0 Å². The zero-order valence-corrected chi connectivity index (χ0v) is 19.0. The van der Waals surface area contributed by atoms with Crippen LogP contribution in [0.5, 0.6) is 0 Å². The molecule has 2 amide bonds. The van der Waals surface area contributed by atoms with Crippen molar-refractivity contribution in [2.45, 2.75) is 45.8 Å². The summed E-state index contributed by atoms with van der Waals surface area (Å²) in [4.78, 5) is 24.9. The summed E-state index contributed by atoms with van der Waals surface area (Å²) in [7, 11) is 0. The van der Waals surface area contributed by atoms with E-state index in [0.717, 1.165) is 28.1 Å². The van der Waals surface area contributed by atoms with E-state index in [-0.39, 0.29) is 24.0 Å². The Morgan fingerprint density at radius 2 is 1.65 bits per heavy atom. The van der Waals surface area contributed by atoms with Gasteiger partial charge < -0.3 is 15.2 Å². The van der Waals surface area contributed by atoms with Gasteiger partial charge in [-0.2, -0.15) is 0 Å². The zero-order valence-electron chi connectivity index (χ0n) is 18.2. The van der Waals surface area contributed by atoms with Gasteiger partial charge in [0, 0.05) is 17.9 Å². The van der Waals surface area contributed by atoms with Crippen LogP contribution in [0.3, 0.4) is 0 Å². The lowest BCUT2D eigenvalue weighted by Crippen LogP contribution is -2.18. The van der Waals surface area contributed by atoms with Crippen LogP contribution in [0.15, 0.2) is 47.6 Å². The Bertz CT molecular complexity index is 1090. The summed E-state index contributed by atoms with van der Waals surface area (Å²) in [5.41, 5.74) is 4.76. The van der Waals surface area contributed by atoms with Gasteiger partial charge in [0.1, 0.15) is 5.82 Å². The molecule has 2 N–H and O–H groups in total. The van der Waals surface area contributed by atoms with Gasteiger partial charge in [0.05, 0.1) is 12.2 Å². The fourth-order valence-corrected chi connectivity index (χ4v) is 4.02. The molecule has 0 aliphatic rings. The highest BCUT2D eigenvalue weighted by molar-refractivity contribution is 7.99. The lowest BCUT2D eigenvalue weighted by atomic mass is 10.1. The SMILES string of the molecule is CCn1c(CC(=O)Nc2ccc(C)cc2C)nnc1SCC(=O)Nc1ccccc1C. The van der Waals surface area contributed by atoms with Gasteiger partial charge in [-0.3, -0.25) is 9.59 Å². The highest BCUT2D eigenvalue weighted by Gasteiger charge is 2.16. The molecule has 0 spiro atoms. The number of amides is 2. The Morgan fingerprint density at radius 1 is 0.935 bits per heavy atom. The van der Waals surface area contributed by atoms with Gasteiger partial charge in [0.15, 0.2) is 5.16 Å². The maximum absolute atomic E-state index is 12.5. The fraction of sp³-hybridized carbons (Fsp3) is 0.304. The second-order valence-electron chi connectivity index (χ2n) is 7.34. The monoisotopic (exact) mass is 437 g/mol. The molecule has 3 rings (SSSR count). The lowest BCUT2D eigenvalue weighted by Gasteiger charge is -2.10. The first kappa shape index (κ1) is 22.6. The first-order chi connectivity index (χ1) is 14.9. The van der Waals surface area contributed by atoms with Crippen LogP contribution in [0.25, 0.3) is 0 Å². The number of thioether (sulfide) groups is 1. The average molecular weight is 438 g/mol. The number of nitrogens with zero attached hydrogens (tertiary/aromatic N) is 3. The number of aromatic nitrogens is 3. The summed E-state index contributed by atoms with van der Waals surface area (Å²) in [6.45, 7) is 8.51. The first-order valence-electron chi connectivity index (χ1n) is 10.1. The molecule has 2 aromatic carbocycles. The second-order valence-corrected chi connectivity index (χ2v) is 8.28. The molecule has 0 saturated heterocycles. The van der Waals surface area contributed by atoms with Gasteiger partial charge in [0.2, 0.25) is 11.8 Å². The van der Waals surface area contributed by atoms with Crippen molar-refractivity contribution >= 4 is 35.0 Å². The summed E-state index contributed by atoms with van der Waals surface area (Å²) >= 11 is 1.31. The molecule has 0 saturated carbocycles. The Balaban J connectivity index is 1.60. The van der Waals surface area contributed by atoms with Crippen molar-refractivity contribution in [3.8, 4) is 0 Å². The fourth-order valence-electron chi connectivity index (χ4n) is 3.20. The first-order valence-corrected chi connectivity index (χ1v) is 11.1. The molecule has 0 aliphatic heterocycles. The van der Waals surface area contributed by atoms with Crippen molar-refractivity contribution in [2.24, 2.45) is 0 Å². The number of carbonyl (C=O) groups is 2. The number of rotatable bonds is 8. The van der Waals surface area contributed by atoms with E-state index in [1.165, 1.54) is 11.8 Å². The number of benzene rings is 2. The molecule has 1 aromatic heterocycles. The van der Waals surface area contributed by atoms with Crippen molar-refractivity contribution in [3.05, 3.63) is 65.0 Å². The van der Waals surface area contributed by atoms with Gasteiger partial charge in [0.25, 0.3) is 0 Å². The minimum Gasteiger partial charge on any atom is -0.325 e. The molecule has 7 nitrogen and oxygen atoms in total. The maximum atomic E-state index is 12.5. The molecule has 0 radical (unpaired) electrons. The van der Waals surface area contributed by atoms with Crippen LogP contribution in [-0.4, -0.2) is 32.3 Å². The predicted molar refractivity (Wildman–Crippen MR) is 124 cm³/mol. The molecule has 0 aliphatic carbocycles. The van der Waals surface area contributed by atoms with Crippen LogP contribution in [0, 0.1) is 20.8 Å². The van der Waals surface area contributed by atoms with Crippen LogP contribution in [0.4, 0.5) is 11.4 Å². The smallest absolute Gasteiger partial charge is 0.234 e. The molecular weight excluding hydrogens is 410 g/mol. The van der Waals surface area contributed by atoms with Crippen molar-refractivity contribution in [1.29, 1.82) is 0 Å². The number of anilines is 2. The van der Waals surface area contributed by atoms with Crippen molar-refractivity contribution in [3.63, 3.8) is 0 Å². The highest BCUT2D eigenvalue weighted by atomic mass is 32.2. The summed E-state index contributed by atoms with van der Waals surface area (Å²) in [6, 6.07) is 13.5. The minimum atomic E-state index is -0.150. The Kier molecular flexibility index (Phi) is 7.46. The topological polar surface area (TPSA) is 88.9 Å². The van der Waals surface area contributed by atoms with Crippen LogP contribution in [0.1, 0.15) is 29.4 Å². The molecule has 1 heterocycles. The lowest BCUT2D eigenvalue weighted by molar-refractivity contribution is -0.116. The predicted octanol–water partition coefficient (Wildman–Crippen LogP) is 4.14. The normalized spacial score (nSPS) is 10.7. The number of para-hydroxylation sites is 1. The molecule has 3 aromatic rings. The van der Waals surface area contributed by atoms with Crippen molar-refractivity contribution in [1.82, 2.24) is 14.8 Å². The molecule has 0 atom stereocenters. The van der Waals surface area contributed by atoms with E-state index in [1.807, 2.05) is 74.7 Å². The van der Waals surface area contributed by atoms with Gasteiger partial charge in [-0.25, -0.2) is 0 Å². The summed E-state index contributed by atoms with van der Waals surface area (Å²) in [5, 5.41) is 14.8. The van der Waals surface area contributed by atoms with Gasteiger partial charge in [-0.05, 0) is 51.0 Å². The van der Waals surface area contributed by atoms with Crippen LogP contribution in [-0.2, 0) is 22.6 Å². The Hall–Kier alpha value is -3.13. The van der Waals surface area contributed by atoms with Crippen LogP contribution in [0.2, 0.25) is 0 Å².